The van der Waals surface area contributed by atoms with Gasteiger partial charge in [-0.05, 0) is 24.1 Å². The van der Waals surface area contributed by atoms with Crippen molar-refractivity contribution in [2.24, 2.45) is 5.73 Å². The summed E-state index contributed by atoms with van der Waals surface area (Å²) in [6.07, 6.45) is 0.927. The Kier molecular flexibility index (Phi) is 5.59. The lowest BCUT2D eigenvalue weighted by Crippen LogP contribution is -2.13. The zero-order chi connectivity index (χ0) is 12.7. The third-order valence-corrected chi connectivity index (χ3v) is 2.30. The van der Waals surface area contributed by atoms with Gasteiger partial charge in [-0.15, -0.1) is 0 Å². The number of halogens is 1. The normalized spacial score (nSPS) is 10.3. The van der Waals surface area contributed by atoms with Crippen LogP contribution in [0.3, 0.4) is 0 Å². The third-order valence-electron chi connectivity index (χ3n) is 2.30. The molecule has 4 nitrogen and oxygen atoms in total. The largest absolute Gasteiger partial charge is 0.385 e. The quantitative estimate of drug-likeness (QED) is 0.743. The number of hydrogen-bond donors (Lipinski definition) is 2. The molecule has 1 rings (SSSR count). The van der Waals surface area contributed by atoms with E-state index in [2.05, 4.69) is 5.32 Å². The third kappa shape index (κ3) is 4.50. The van der Waals surface area contributed by atoms with Crippen LogP contribution >= 0.6 is 0 Å². The number of hydrogen-bond acceptors (Lipinski definition) is 3. The van der Waals surface area contributed by atoms with E-state index in [4.69, 9.17) is 10.5 Å². The number of amides is 1. The summed E-state index contributed by atoms with van der Waals surface area (Å²) in [6, 6.07) is 4.53. The van der Waals surface area contributed by atoms with Crippen LogP contribution in [0.15, 0.2) is 18.2 Å². The number of rotatable bonds is 6. The lowest BCUT2D eigenvalue weighted by atomic mass is 10.2. The second-order valence-electron chi connectivity index (χ2n) is 3.66. The summed E-state index contributed by atoms with van der Waals surface area (Å²) in [5, 5.41) is 2.51. The first-order chi connectivity index (χ1) is 8.17. The maximum Gasteiger partial charge on any atom is 0.224 e. The molecular weight excluding hydrogens is 223 g/mol. The average Bonchev–Trinajstić information content (AvgIpc) is 2.32. The van der Waals surface area contributed by atoms with Crippen molar-refractivity contribution in [3.63, 3.8) is 0 Å². The van der Waals surface area contributed by atoms with Crippen LogP contribution in [0.5, 0.6) is 0 Å². The number of nitrogens with two attached hydrogens (primary N) is 1. The van der Waals surface area contributed by atoms with Gasteiger partial charge in [-0.25, -0.2) is 4.39 Å². The summed E-state index contributed by atoms with van der Waals surface area (Å²) in [6.45, 7) is 0.793. The van der Waals surface area contributed by atoms with Gasteiger partial charge in [0.2, 0.25) is 5.91 Å². The van der Waals surface area contributed by atoms with Crippen LogP contribution < -0.4 is 11.1 Å². The Bertz CT molecular complexity index is 383. The van der Waals surface area contributed by atoms with Gasteiger partial charge >= 0.3 is 0 Å². The SMILES string of the molecule is COCCCC(=O)Nc1ccc(CN)cc1F. The molecule has 3 N–H and O–H groups in total. The van der Waals surface area contributed by atoms with Crippen LogP contribution in [0.25, 0.3) is 0 Å². The molecule has 0 heterocycles. The van der Waals surface area contributed by atoms with Crippen LogP contribution in [0.2, 0.25) is 0 Å². The summed E-state index contributed by atoms with van der Waals surface area (Å²) < 4.78 is 18.3. The molecule has 0 bridgehead atoms. The van der Waals surface area contributed by atoms with Gasteiger partial charge in [-0.3, -0.25) is 4.79 Å². The molecule has 0 aliphatic heterocycles. The van der Waals surface area contributed by atoms with Crippen LogP contribution in [0, 0.1) is 5.82 Å². The first kappa shape index (κ1) is 13.6. The van der Waals surface area contributed by atoms with Gasteiger partial charge in [-0.1, -0.05) is 6.07 Å². The van der Waals surface area contributed by atoms with E-state index >= 15 is 0 Å². The molecule has 17 heavy (non-hydrogen) atoms. The average molecular weight is 240 g/mol. The molecule has 0 atom stereocenters. The van der Waals surface area contributed by atoms with Gasteiger partial charge in [-0.2, -0.15) is 0 Å². The predicted molar refractivity (Wildman–Crippen MR) is 64.0 cm³/mol. The van der Waals surface area contributed by atoms with Crippen LogP contribution in [-0.4, -0.2) is 19.6 Å². The molecule has 5 heteroatoms. The van der Waals surface area contributed by atoms with E-state index in [0.717, 1.165) is 0 Å². The molecule has 0 unspecified atom stereocenters. The molecule has 0 saturated carbocycles. The number of benzene rings is 1. The highest BCUT2D eigenvalue weighted by atomic mass is 19.1. The van der Waals surface area contributed by atoms with E-state index < -0.39 is 5.82 Å². The van der Waals surface area contributed by atoms with E-state index in [1.807, 2.05) is 0 Å². The molecule has 0 aliphatic rings. The van der Waals surface area contributed by atoms with Crippen LogP contribution in [-0.2, 0) is 16.1 Å². The Morgan fingerprint density at radius 2 is 2.29 bits per heavy atom. The van der Waals surface area contributed by atoms with E-state index in [-0.39, 0.29) is 18.1 Å². The zero-order valence-electron chi connectivity index (χ0n) is 9.83. The number of carbonyl (C=O) groups is 1. The molecule has 0 aliphatic carbocycles. The summed E-state index contributed by atoms with van der Waals surface area (Å²) in [4.78, 5) is 11.4. The van der Waals surface area contributed by atoms with Crippen molar-refractivity contribution in [3.8, 4) is 0 Å². The van der Waals surface area contributed by atoms with Crippen molar-refractivity contribution in [1.29, 1.82) is 0 Å². The monoisotopic (exact) mass is 240 g/mol. The van der Waals surface area contributed by atoms with E-state index in [0.29, 0.717) is 25.0 Å². The minimum atomic E-state index is -0.465. The van der Waals surface area contributed by atoms with Gasteiger partial charge in [0.05, 0.1) is 5.69 Å². The molecule has 1 amide bonds. The number of carbonyl (C=O) groups excluding carboxylic acids is 1. The highest BCUT2D eigenvalue weighted by molar-refractivity contribution is 5.90. The fourth-order valence-electron chi connectivity index (χ4n) is 1.38. The van der Waals surface area contributed by atoms with Gasteiger partial charge in [0.15, 0.2) is 0 Å². The van der Waals surface area contributed by atoms with Crippen molar-refractivity contribution < 1.29 is 13.9 Å². The molecule has 0 radical (unpaired) electrons. The second-order valence-corrected chi connectivity index (χ2v) is 3.66. The minimum absolute atomic E-state index is 0.185. The fourth-order valence-corrected chi connectivity index (χ4v) is 1.38. The fraction of sp³-hybridized carbons (Fsp3) is 0.417. The van der Waals surface area contributed by atoms with Crippen molar-refractivity contribution >= 4 is 11.6 Å². The van der Waals surface area contributed by atoms with Crippen molar-refractivity contribution in [2.45, 2.75) is 19.4 Å². The summed E-state index contributed by atoms with van der Waals surface area (Å²) in [7, 11) is 1.57. The lowest BCUT2D eigenvalue weighted by molar-refractivity contribution is -0.116. The molecule has 0 aromatic heterocycles. The van der Waals surface area contributed by atoms with Crippen molar-refractivity contribution in [2.75, 3.05) is 19.0 Å². The Morgan fingerprint density at radius 3 is 2.88 bits per heavy atom. The molecular formula is C12H17FN2O2. The maximum absolute atomic E-state index is 13.5. The Morgan fingerprint density at radius 1 is 1.53 bits per heavy atom. The molecule has 0 fully saturated rings. The van der Waals surface area contributed by atoms with E-state index in [1.165, 1.54) is 12.1 Å². The molecule has 1 aromatic carbocycles. The highest BCUT2D eigenvalue weighted by Gasteiger charge is 2.07. The number of methoxy groups -OCH3 is 1. The standard InChI is InChI=1S/C12H17FN2O2/c1-17-6-2-3-12(16)15-11-5-4-9(8-14)7-10(11)13/h4-5,7H,2-3,6,8,14H2,1H3,(H,15,16). The zero-order valence-corrected chi connectivity index (χ0v) is 9.83. The van der Waals surface area contributed by atoms with E-state index in [1.54, 1.807) is 13.2 Å². The Balaban J connectivity index is 2.53. The molecule has 1 aromatic rings. The molecule has 0 spiro atoms. The topological polar surface area (TPSA) is 64.3 Å². The highest BCUT2D eigenvalue weighted by Crippen LogP contribution is 2.15. The van der Waals surface area contributed by atoms with Gasteiger partial charge < -0.3 is 15.8 Å². The second kappa shape index (κ2) is 6.98. The summed E-state index contributed by atoms with van der Waals surface area (Å²) >= 11 is 0. The minimum Gasteiger partial charge on any atom is -0.385 e. The Labute approximate surface area is 100.0 Å². The lowest BCUT2D eigenvalue weighted by Gasteiger charge is -2.07. The van der Waals surface area contributed by atoms with E-state index in [9.17, 15) is 9.18 Å². The maximum atomic E-state index is 13.5. The number of ether oxygens (including phenoxy) is 1. The first-order valence-corrected chi connectivity index (χ1v) is 5.44. The summed E-state index contributed by atoms with van der Waals surface area (Å²) in [5.74, 6) is -0.686. The molecule has 94 valence electrons. The number of anilines is 1. The van der Waals surface area contributed by atoms with Crippen molar-refractivity contribution in [3.05, 3.63) is 29.6 Å². The smallest absolute Gasteiger partial charge is 0.224 e. The van der Waals surface area contributed by atoms with Crippen LogP contribution in [0.1, 0.15) is 18.4 Å². The molecule has 0 saturated heterocycles. The van der Waals surface area contributed by atoms with Crippen LogP contribution in [0.4, 0.5) is 10.1 Å². The van der Waals surface area contributed by atoms with Gasteiger partial charge in [0.1, 0.15) is 5.82 Å². The van der Waals surface area contributed by atoms with Gasteiger partial charge in [0, 0.05) is 26.7 Å². The van der Waals surface area contributed by atoms with Crippen molar-refractivity contribution in [1.82, 2.24) is 0 Å². The number of nitrogens with one attached hydrogen (secondary N) is 1. The predicted octanol–water partition coefficient (Wildman–Crippen LogP) is 1.65. The summed E-state index contributed by atoms with van der Waals surface area (Å²) in [5.41, 5.74) is 6.26. The first-order valence-electron chi connectivity index (χ1n) is 5.44. The Hall–Kier alpha value is -1.46. The van der Waals surface area contributed by atoms with Gasteiger partial charge in [0.25, 0.3) is 0 Å².